The monoisotopic (exact) mass is 240 g/mol. The minimum Gasteiger partial charge on any atom is -0.500 e. The maximum Gasteiger partial charge on any atom is 0.314 e. The van der Waals surface area contributed by atoms with Crippen molar-refractivity contribution in [2.24, 2.45) is 0 Å². The van der Waals surface area contributed by atoms with Crippen molar-refractivity contribution in [3.63, 3.8) is 0 Å². The Bertz CT molecular complexity index is 407. The van der Waals surface area contributed by atoms with Crippen LogP contribution in [0.4, 0.5) is 5.69 Å². The molecule has 17 heavy (non-hydrogen) atoms. The van der Waals surface area contributed by atoms with Gasteiger partial charge in [0.05, 0.1) is 11.5 Å². The number of hydrogen-bond acceptors (Lipinski definition) is 5. The zero-order chi connectivity index (χ0) is 12.8. The molecular weight excluding hydrogens is 224 g/mol. The molecule has 0 radical (unpaired) electrons. The Balaban J connectivity index is 3.11. The van der Waals surface area contributed by atoms with Gasteiger partial charge in [0.1, 0.15) is 0 Å². The zero-order valence-electron chi connectivity index (χ0n) is 9.90. The fourth-order valence-electron chi connectivity index (χ4n) is 1.42. The third-order valence-electron chi connectivity index (χ3n) is 2.19. The van der Waals surface area contributed by atoms with Crippen molar-refractivity contribution in [2.75, 3.05) is 13.2 Å². The minimum absolute atomic E-state index is 0.148. The topological polar surface area (TPSA) is 84.6 Å². The van der Waals surface area contributed by atoms with Crippen LogP contribution >= 0.6 is 0 Å². The number of phenolic OH excluding ortho intramolecular Hbond substituents is 1. The van der Waals surface area contributed by atoms with Gasteiger partial charge in [0, 0.05) is 12.6 Å². The molecule has 0 bridgehead atoms. The van der Waals surface area contributed by atoms with Crippen LogP contribution in [0.5, 0.6) is 11.5 Å². The van der Waals surface area contributed by atoms with Gasteiger partial charge < -0.3 is 15.2 Å². The molecule has 0 amide bonds. The molecule has 0 unspecified atom stereocenters. The zero-order valence-corrected chi connectivity index (χ0v) is 9.90. The predicted molar refractivity (Wildman–Crippen MR) is 63.3 cm³/mol. The van der Waals surface area contributed by atoms with Crippen LogP contribution in [0.2, 0.25) is 0 Å². The fraction of sp³-hybridized carbons (Fsp3) is 0.455. The molecule has 6 nitrogen and oxygen atoms in total. The predicted octanol–water partition coefficient (Wildman–Crippen LogP) is 1.81. The second-order valence-electron chi connectivity index (χ2n) is 3.43. The van der Waals surface area contributed by atoms with Crippen LogP contribution < -0.4 is 10.1 Å². The number of benzene rings is 1. The molecule has 0 aromatic heterocycles. The van der Waals surface area contributed by atoms with Crippen LogP contribution in [0.15, 0.2) is 12.1 Å². The Labute approximate surface area is 99.4 Å². The molecule has 0 aliphatic heterocycles. The van der Waals surface area contributed by atoms with Gasteiger partial charge in [-0.15, -0.1) is 0 Å². The van der Waals surface area contributed by atoms with Gasteiger partial charge in [-0.2, -0.15) is 0 Å². The molecular formula is C11H16N2O4. The number of aromatic hydroxyl groups is 1. The standard InChI is InChI=1S/C11H16N2O4/c1-3-12-7-8-5-9(13(15)16)11(14)10(6-8)17-4-2/h5-6,12,14H,3-4,7H2,1-2H3. The first-order valence-corrected chi connectivity index (χ1v) is 5.43. The van der Waals surface area contributed by atoms with Crippen LogP contribution in [0.3, 0.4) is 0 Å². The van der Waals surface area contributed by atoms with E-state index in [1.807, 2.05) is 6.92 Å². The van der Waals surface area contributed by atoms with Crippen LogP contribution in [0.25, 0.3) is 0 Å². The van der Waals surface area contributed by atoms with Crippen LogP contribution in [-0.4, -0.2) is 23.2 Å². The normalized spacial score (nSPS) is 10.2. The molecule has 1 rings (SSSR count). The lowest BCUT2D eigenvalue weighted by molar-refractivity contribution is -0.386. The molecule has 94 valence electrons. The van der Waals surface area contributed by atoms with E-state index in [1.165, 1.54) is 6.07 Å². The largest absolute Gasteiger partial charge is 0.500 e. The molecule has 1 aromatic rings. The van der Waals surface area contributed by atoms with Gasteiger partial charge in [-0.05, 0) is 25.1 Å². The summed E-state index contributed by atoms with van der Waals surface area (Å²) in [7, 11) is 0. The lowest BCUT2D eigenvalue weighted by atomic mass is 10.1. The first-order chi connectivity index (χ1) is 8.10. The highest BCUT2D eigenvalue weighted by atomic mass is 16.6. The molecule has 2 N–H and O–H groups in total. The molecule has 0 fully saturated rings. The van der Waals surface area contributed by atoms with Crippen molar-refractivity contribution in [3.8, 4) is 11.5 Å². The Morgan fingerprint density at radius 1 is 1.47 bits per heavy atom. The molecule has 0 spiro atoms. The number of rotatable bonds is 6. The molecule has 6 heteroatoms. The van der Waals surface area contributed by atoms with Crippen LogP contribution in [0.1, 0.15) is 19.4 Å². The van der Waals surface area contributed by atoms with Crippen molar-refractivity contribution < 1.29 is 14.8 Å². The van der Waals surface area contributed by atoms with E-state index in [1.54, 1.807) is 13.0 Å². The van der Waals surface area contributed by atoms with Crippen LogP contribution in [0, 0.1) is 10.1 Å². The van der Waals surface area contributed by atoms with E-state index in [0.717, 1.165) is 6.54 Å². The Morgan fingerprint density at radius 2 is 2.18 bits per heavy atom. The molecule has 0 aliphatic carbocycles. The second-order valence-corrected chi connectivity index (χ2v) is 3.43. The third-order valence-corrected chi connectivity index (χ3v) is 2.19. The average molecular weight is 240 g/mol. The molecule has 0 atom stereocenters. The second kappa shape index (κ2) is 6.05. The summed E-state index contributed by atoms with van der Waals surface area (Å²) >= 11 is 0. The number of nitro groups is 1. The molecule has 0 saturated heterocycles. The lowest BCUT2D eigenvalue weighted by Gasteiger charge is -2.09. The smallest absolute Gasteiger partial charge is 0.314 e. The van der Waals surface area contributed by atoms with Crippen molar-refractivity contribution in [3.05, 3.63) is 27.8 Å². The van der Waals surface area contributed by atoms with Crippen molar-refractivity contribution >= 4 is 5.69 Å². The summed E-state index contributed by atoms with van der Waals surface area (Å²) in [6.45, 7) is 5.30. The Kier molecular flexibility index (Phi) is 4.71. The SMILES string of the molecule is CCNCc1cc(OCC)c(O)c([N+](=O)[O-])c1. The summed E-state index contributed by atoms with van der Waals surface area (Å²) in [5, 5.41) is 23.5. The lowest BCUT2D eigenvalue weighted by Crippen LogP contribution is -2.12. The maximum atomic E-state index is 10.8. The van der Waals surface area contributed by atoms with Crippen molar-refractivity contribution in [2.45, 2.75) is 20.4 Å². The number of nitro benzene ring substituents is 1. The first-order valence-electron chi connectivity index (χ1n) is 5.43. The highest BCUT2D eigenvalue weighted by Gasteiger charge is 2.19. The average Bonchev–Trinajstić information content (AvgIpc) is 2.29. The number of ether oxygens (including phenoxy) is 1. The van der Waals surface area contributed by atoms with Crippen LogP contribution in [-0.2, 0) is 6.54 Å². The summed E-state index contributed by atoms with van der Waals surface area (Å²) in [4.78, 5) is 10.2. The summed E-state index contributed by atoms with van der Waals surface area (Å²) in [5.74, 6) is -0.272. The molecule has 1 aromatic carbocycles. The summed E-state index contributed by atoms with van der Waals surface area (Å²) in [6, 6.07) is 2.95. The van der Waals surface area contributed by atoms with E-state index in [2.05, 4.69) is 5.32 Å². The van der Waals surface area contributed by atoms with E-state index < -0.39 is 10.7 Å². The summed E-state index contributed by atoms with van der Waals surface area (Å²) < 4.78 is 5.17. The van der Waals surface area contributed by atoms with E-state index in [-0.39, 0.29) is 11.4 Å². The maximum absolute atomic E-state index is 10.8. The highest BCUT2D eigenvalue weighted by Crippen LogP contribution is 2.37. The van der Waals surface area contributed by atoms with Crippen molar-refractivity contribution in [1.29, 1.82) is 0 Å². The van der Waals surface area contributed by atoms with Gasteiger partial charge >= 0.3 is 5.69 Å². The van der Waals surface area contributed by atoms with E-state index in [4.69, 9.17) is 4.74 Å². The highest BCUT2D eigenvalue weighted by molar-refractivity contribution is 5.57. The van der Waals surface area contributed by atoms with Gasteiger partial charge in [0.15, 0.2) is 5.75 Å². The summed E-state index contributed by atoms with van der Waals surface area (Å²) in [5.41, 5.74) is 0.378. The molecule has 0 heterocycles. The van der Waals surface area contributed by atoms with E-state index in [9.17, 15) is 15.2 Å². The van der Waals surface area contributed by atoms with Gasteiger partial charge in [-0.25, -0.2) is 0 Å². The van der Waals surface area contributed by atoms with Gasteiger partial charge in [0.25, 0.3) is 0 Å². The third kappa shape index (κ3) is 3.32. The van der Waals surface area contributed by atoms with Crippen molar-refractivity contribution in [1.82, 2.24) is 5.32 Å². The number of phenols is 1. The molecule has 0 saturated carbocycles. The quantitative estimate of drug-likeness (QED) is 0.585. The van der Waals surface area contributed by atoms with Gasteiger partial charge in [0.2, 0.25) is 5.75 Å². The van der Waals surface area contributed by atoms with Gasteiger partial charge in [-0.1, -0.05) is 6.92 Å². The van der Waals surface area contributed by atoms with E-state index in [0.29, 0.717) is 18.7 Å². The first kappa shape index (κ1) is 13.2. The van der Waals surface area contributed by atoms with Gasteiger partial charge in [-0.3, -0.25) is 10.1 Å². The fourth-order valence-corrected chi connectivity index (χ4v) is 1.42. The summed E-state index contributed by atoms with van der Waals surface area (Å²) in [6.07, 6.45) is 0. The minimum atomic E-state index is -0.618. The Hall–Kier alpha value is -1.82. The molecule has 0 aliphatic rings. The number of nitrogens with one attached hydrogen (secondary N) is 1. The van der Waals surface area contributed by atoms with E-state index >= 15 is 0 Å². The Morgan fingerprint density at radius 3 is 2.71 bits per heavy atom. The number of hydrogen-bond donors (Lipinski definition) is 2. The number of nitrogens with zero attached hydrogens (tertiary/aromatic N) is 1.